The smallest absolute Gasteiger partial charge is 0.123 e. The Kier molecular flexibility index (Phi) is 2.93. The van der Waals surface area contributed by atoms with Crippen LogP contribution in [0.4, 0.5) is 4.39 Å². The van der Waals surface area contributed by atoms with Crippen molar-refractivity contribution in [3.63, 3.8) is 0 Å². The second kappa shape index (κ2) is 4.46. The molecule has 0 spiro atoms. The molecule has 2 heterocycles. The molecule has 3 rings (SSSR count). The Hall–Kier alpha value is -1.23. The summed E-state index contributed by atoms with van der Waals surface area (Å²) in [5.74, 6) is -0.243. The first-order valence-corrected chi connectivity index (χ1v) is 7.26. The maximum absolute atomic E-state index is 13.1. The number of rotatable bonds is 2. The van der Waals surface area contributed by atoms with Crippen LogP contribution in [0.15, 0.2) is 35.7 Å². The first-order valence-electron chi connectivity index (χ1n) is 5.56. The SMILES string of the molecule is Cc1sccc1C(O)c1cc2cc(F)ccc2s1. The van der Waals surface area contributed by atoms with E-state index in [1.54, 1.807) is 17.4 Å². The third-order valence-corrected chi connectivity index (χ3v) is 4.99. The fourth-order valence-electron chi connectivity index (χ4n) is 2.00. The second-order valence-corrected chi connectivity index (χ2v) is 6.40. The molecule has 1 atom stereocenters. The molecule has 1 aromatic carbocycles. The molecule has 0 aliphatic carbocycles. The zero-order valence-corrected chi connectivity index (χ0v) is 11.3. The Morgan fingerprint density at radius 3 is 2.78 bits per heavy atom. The number of benzene rings is 1. The van der Waals surface area contributed by atoms with Crippen molar-refractivity contribution in [3.8, 4) is 0 Å². The van der Waals surface area contributed by atoms with Crippen LogP contribution in [-0.2, 0) is 0 Å². The number of halogens is 1. The number of aliphatic hydroxyl groups is 1. The zero-order valence-electron chi connectivity index (χ0n) is 9.68. The van der Waals surface area contributed by atoms with Crippen molar-refractivity contribution >= 4 is 32.8 Å². The van der Waals surface area contributed by atoms with Crippen LogP contribution in [0.1, 0.15) is 21.4 Å². The number of hydrogen-bond donors (Lipinski definition) is 1. The molecule has 18 heavy (non-hydrogen) atoms. The van der Waals surface area contributed by atoms with Crippen molar-refractivity contribution < 1.29 is 9.50 Å². The molecule has 3 aromatic rings. The van der Waals surface area contributed by atoms with Gasteiger partial charge < -0.3 is 5.11 Å². The summed E-state index contributed by atoms with van der Waals surface area (Å²) in [5.41, 5.74) is 0.937. The van der Waals surface area contributed by atoms with Gasteiger partial charge in [-0.2, -0.15) is 0 Å². The van der Waals surface area contributed by atoms with Gasteiger partial charge in [0.2, 0.25) is 0 Å². The van der Waals surface area contributed by atoms with Crippen molar-refractivity contribution in [3.05, 3.63) is 56.8 Å². The molecule has 0 fully saturated rings. The molecule has 1 N–H and O–H groups in total. The first kappa shape index (κ1) is 11.8. The van der Waals surface area contributed by atoms with Crippen LogP contribution in [0, 0.1) is 12.7 Å². The van der Waals surface area contributed by atoms with Crippen molar-refractivity contribution in [2.45, 2.75) is 13.0 Å². The molecule has 0 bridgehead atoms. The number of aliphatic hydroxyl groups excluding tert-OH is 1. The maximum Gasteiger partial charge on any atom is 0.123 e. The van der Waals surface area contributed by atoms with E-state index in [2.05, 4.69) is 0 Å². The van der Waals surface area contributed by atoms with Gasteiger partial charge in [0, 0.05) is 14.5 Å². The van der Waals surface area contributed by atoms with E-state index in [0.717, 1.165) is 25.4 Å². The topological polar surface area (TPSA) is 20.2 Å². The summed E-state index contributed by atoms with van der Waals surface area (Å²) < 4.78 is 14.1. The van der Waals surface area contributed by atoms with Gasteiger partial charge in [-0.3, -0.25) is 0 Å². The Morgan fingerprint density at radius 1 is 1.22 bits per heavy atom. The largest absolute Gasteiger partial charge is 0.383 e. The number of hydrogen-bond acceptors (Lipinski definition) is 3. The summed E-state index contributed by atoms with van der Waals surface area (Å²) in [7, 11) is 0. The summed E-state index contributed by atoms with van der Waals surface area (Å²) >= 11 is 3.13. The lowest BCUT2D eigenvalue weighted by molar-refractivity contribution is 0.224. The summed E-state index contributed by atoms with van der Waals surface area (Å²) in [6.45, 7) is 2.00. The van der Waals surface area contributed by atoms with E-state index in [4.69, 9.17) is 0 Å². The highest BCUT2D eigenvalue weighted by Crippen LogP contribution is 2.35. The lowest BCUT2D eigenvalue weighted by Gasteiger charge is -2.07. The van der Waals surface area contributed by atoms with E-state index in [-0.39, 0.29) is 5.82 Å². The van der Waals surface area contributed by atoms with Crippen LogP contribution < -0.4 is 0 Å². The fourth-order valence-corrected chi connectivity index (χ4v) is 3.79. The number of thiophene rings is 2. The van der Waals surface area contributed by atoms with E-state index < -0.39 is 6.10 Å². The summed E-state index contributed by atoms with van der Waals surface area (Å²) in [5, 5.41) is 13.2. The molecule has 92 valence electrons. The second-order valence-electron chi connectivity index (χ2n) is 4.17. The van der Waals surface area contributed by atoms with Crippen LogP contribution in [-0.4, -0.2) is 5.11 Å². The Bertz CT molecular complexity index is 699. The normalized spacial score (nSPS) is 13.1. The highest BCUT2D eigenvalue weighted by Gasteiger charge is 2.16. The van der Waals surface area contributed by atoms with Crippen LogP contribution in [0.2, 0.25) is 0 Å². The van der Waals surface area contributed by atoms with Crippen molar-refractivity contribution in [2.75, 3.05) is 0 Å². The summed E-state index contributed by atoms with van der Waals surface area (Å²) in [6, 6.07) is 8.51. The van der Waals surface area contributed by atoms with Gasteiger partial charge in [-0.1, -0.05) is 0 Å². The summed E-state index contributed by atoms with van der Waals surface area (Å²) in [6.07, 6.45) is -0.614. The zero-order chi connectivity index (χ0) is 12.7. The number of aryl methyl sites for hydroxylation is 1. The van der Waals surface area contributed by atoms with Gasteiger partial charge in [-0.05, 0) is 53.6 Å². The molecule has 2 aromatic heterocycles. The van der Waals surface area contributed by atoms with Gasteiger partial charge in [0.15, 0.2) is 0 Å². The van der Waals surface area contributed by atoms with E-state index in [1.807, 2.05) is 24.4 Å². The van der Waals surface area contributed by atoms with E-state index in [9.17, 15) is 9.50 Å². The van der Waals surface area contributed by atoms with Crippen molar-refractivity contribution in [1.82, 2.24) is 0 Å². The average molecular weight is 278 g/mol. The molecular formula is C14H11FOS2. The van der Waals surface area contributed by atoms with E-state index in [0.29, 0.717) is 0 Å². The minimum absolute atomic E-state index is 0.243. The van der Waals surface area contributed by atoms with Gasteiger partial charge in [0.1, 0.15) is 11.9 Å². The van der Waals surface area contributed by atoms with Crippen LogP contribution in [0.3, 0.4) is 0 Å². The molecule has 1 unspecified atom stereocenters. The highest BCUT2D eigenvalue weighted by atomic mass is 32.1. The fraction of sp³-hybridized carbons (Fsp3) is 0.143. The van der Waals surface area contributed by atoms with Crippen molar-refractivity contribution in [2.24, 2.45) is 0 Å². The predicted molar refractivity (Wildman–Crippen MR) is 74.9 cm³/mol. The minimum atomic E-state index is -0.614. The molecule has 4 heteroatoms. The molecule has 0 saturated carbocycles. The maximum atomic E-state index is 13.1. The van der Waals surface area contributed by atoms with Crippen LogP contribution in [0.25, 0.3) is 10.1 Å². The molecule has 0 radical (unpaired) electrons. The van der Waals surface area contributed by atoms with Crippen LogP contribution in [0.5, 0.6) is 0 Å². The molecular weight excluding hydrogens is 267 g/mol. The summed E-state index contributed by atoms with van der Waals surface area (Å²) in [4.78, 5) is 1.98. The van der Waals surface area contributed by atoms with Gasteiger partial charge in [0.25, 0.3) is 0 Å². The van der Waals surface area contributed by atoms with Crippen molar-refractivity contribution in [1.29, 1.82) is 0 Å². The quantitative estimate of drug-likeness (QED) is 0.732. The predicted octanol–water partition coefficient (Wildman–Crippen LogP) is 4.49. The molecule has 0 amide bonds. The monoisotopic (exact) mass is 278 g/mol. The molecule has 0 aliphatic heterocycles. The van der Waals surface area contributed by atoms with Gasteiger partial charge in [-0.15, -0.1) is 22.7 Å². The number of fused-ring (bicyclic) bond motifs is 1. The van der Waals surface area contributed by atoms with Crippen LogP contribution >= 0.6 is 22.7 Å². The minimum Gasteiger partial charge on any atom is -0.383 e. The third kappa shape index (κ3) is 1.96. The Morgan fingerprint density at radius 2 is 2.06 bits per heavy atom. The van der Waals surface area contributed by atoms with Gasteiger partial charge in [0.05, 0.1) is 0 Å². The highest BCUT2D eigenvalue weighted by molar-refractivity contribution is 7.19. The standard InChI is InChI=1S/C14H11FOS2/c1-8-11(4-5-17-8)14(16)13-7-9-6-10(15)2-3-12(9)18-13/h2-7,14,16H,1H3. The van der Waals surface area contributed by atoms with Gasteiger partial charge in [-0.25, -0.2) is 4.39 Å². The Balaban J connectivity index is 2.07. The third-order valence-electron chi connectivity index (χ3n) is 2.96. The molecule has 0 saturated heterocycles. The van der Waals surface area contributed by atoms with Gasteiger partial charge >= 0.3 is 0 Å². The van der Waals surface area contributed by atoms with E-state index in [1.165, 1.54) is 23.5 Å². The lowest BCUT2D eigenvalue weighted by Crippen LogP contribution is -1.96. The van der Waals surface area contributed by atoms with E-state index >= 15 is 0 Å². The first-order chi connectivity index (χ1) is 8.65. The Labute approximate surface area is 112 Å². The molecule has 0 aliphatic rings. The average Bonchev–Trinajstić information content (AvgIpc) is 2.93. The lowest BCUT2D eigenvalue weighted by atomic mass is 10.1. The molecule has 1 nitrogen and oxygen atoms in total.